The minimum absolute atomic E-state index is 0.00169. The molecule has 2 heterocycles. The quantitative estimate of drug-likeness (QED) is 0.793. The summed E-state index contributed by atoms with van der Waals surface area (Å²) in [5.74, 6) is 0.847. The lowest BCUT2D eigenvalue weighted by Crippen LogP contribution is -2.32. The largest absolute Gasteiger partial charge is 0.497 e. The molecule has 8 nitrogen and oxygen atoms in total. The van der Waals surface area contributed by atoms with Crippen LogP contribution >= 0.6 is 0 Å². The van der Waals surface area contributed by atoms with Crippen LogP contribution in [0.15, 0.2) is 24.3 Å². The van der Waals surface area contributed by atoms with Crippen LogP contribution in [0.25, 0.3) is 0 Å². The molecule has 2 amide bonds. The highest BCUT2D eigenvalue weighted by atomic mass is 16.5. The molecule has 0 aliphatic carbocycles. The zero-order valence-electron chi connectivity index (χ0n) is 14.9. The number of nitrogens with one attached hydrogen (secondary N) is 1. The summed E-state index contributed by atoms with van der Waals surface area (Å²) >= 11 is 0. The number of likely N-dealkylation sites (tertiary alicyclic amines) is 1. The summed E-state index contributed by atoms with van der Waals surface area (Å²) in [6.45, 7) is 2.52. The second-order valence-electron chi connectivity index (χ2n) is 6.54. The number of hydrogen-bond acceptors (Lipinski definition) is 5. The van der Waals surface area contributed by atoms with Crippen molar-refractivity contribution in [1.29, 1.82) is 0 Å². The van der Waals surface area contributed by atoms with Gasteiger partial charge in [-0.3, -0.25) is 14.7 Å². The minimum atomic E-state index is -0.463. The fraction of sp³-hybridized carbons (Fsp3) is 0.444. The van der Waals surface area contributed by atoms with E-state index in [-0.39, 0.29) is 11.8 Å². The molecule has 3 rings (SSSR count). The third-order valence-corrected chi connectivity index (χ3v) is 4.77. The van der Waals surface area contributed by atoms with Crippen LogP contribution in [0.2, 0.25) is 0 Å². The highest BCUT2D eigenvalue weighted by Crippen LogP contribution is 2.31. The molecule has 1 aliphatic heterocycles. The Morgan fingerprint density at radius 2 is 2.04 bits per heavy atom. The molecule has 2 aromatic rings. The standard InChI is InChI=1S/C18H23N5O3/c1-11-20-18(22-21-11)15-10-23(9-14(15)17(19)25)16(24)8-5-12-3-6-13(26-2)7-4-12/h3-4,6-7,14-15H,5,8-10H2,1-2H3,(H2,19,25)(H,20,21,22)/t14-,15-/m1/s1. The number of primary amides is 1. The Morgan fingerprint density at radius 1 is 1.31 bits per heavy atom. The highest BCUT2D eigenvalue weighted by molar-refractivity contribution is 5.82. The SMILES string of the molecule is COc1ccc(CCC(=O)N2C[C@@H](C(N)=O)[C@H](c3n[nH]c(C)n3)C2)cc1. The summed E-state index contributed by atoms with van der Waals surface area (Å²) in [4.78, 5) is 30.4. The van der Waals surface area contributed by atoms with E-state index in [4.69, 9.17) is 10.5 Å². The number of aryl methyl sites for hydroxylation is 2. The Morgan fingerprint density at radius 3 is 2.62 bits per heavy atom. The molecule has 8 heteroatoms. The van der Waals surface area contributed by atoms with Crippen LogP contribution in [0.4, 0.5) is 0 Å². The van der Waals surface area contributed by atoms with E-state index < -0.39 is 11.8 Å². The van der Waals surface area contributed by atoms with Crippen molar-refractivity contribution < 1.29 is 14.3 Å². The lowest BCUT2D eigenvalue weighted by molar-refractivity contribution is -0.130. The van der Waals surface area contributed by atoms with Crippen molar-refractivity contribution in [2.24, 2.45) is 11.7 Å². The fourth-order valence-electron chi connectivity index (χ4n) is 3.28. The van der Waals surface area contributed by atoms with E-state index in [1.54, 1.807) is 18.9 Å². The van der Waals surface area contributed by atoms with Gasteiger partial charge in [0.15, 0.2) is 5.82 Å². The van der Waals surface area contributed by atoms with Crippen LogP contribution in [0.1, 0.15) is 29.6 Å². The van der Waals surface area contributed by atoms with E-state index in [0.717, 1.165) is 11.3 Å². The maximum atomic E-state index is 12.6. The number of rotatable bonds is 6. The summed E-state index contributed by atoms with van der Waals surface area (Å²) in [6, 6.07) is 7.64. The number of nitrogens with two attached hydrogens (primary N) is 1. The van der Waals surface area contributed by atoms with E-state index in [0.29, 0.717) is 37.6 Å². The molecule has 26 heavy (non-hydrogen) atoms. The molecule has 0 spiro atoms. The number of aromatic nitrogens is 3. The molecule has 1 aromatic carbocycles. The number of hydrogen-bond donors (Lipinski definition) is 2. The average molecular weight is 357 g/mol. The number of aromatic amines is 1. The van der Waals surface area contributed by atoms with Crippen molar-refractivity contribution in [1.82, 2.24) is 20.1 Å². The van der Waals surface area contributed by atoms with Gasteiger partial charge in [-0.25, -0.2) is 4.98 Å². The van der Waals surface area contributed by atoms with Crippen molar-refractivity contribution in [2.75, 3.05) is 20.2 Å². The first-order chi connectivity index (χ1) is 12.5. The Hall–Kier alpha value is -2.90. The number of nitrogens with zero attached hydrogens (tertiary/aromatic N) is 3. The van der Waals surface area contributed by atoms with Gasteiger partial charge in [-0.05, 0) is 31.0 Å². The highest BCUT2D eigenvalue weighted by Gasteiger charge is 2.41. The van der Waals surface area contributed by atoms with Gasteiger partial charge in [-0.1, -0.05) is 12.1 Å². The third kappa shape index (κ3) is 3.84. The maximum absolute atomic E-state index is 12.6. The summed E-state index contributed by atoms with van der Waals surface area (Å²) in [5.41, 5.74) is 6.59. The summed E-state index contributed by atoms with van der Waals surface area (Å²) in [5, 5.41) is 6.92. The van der Waals surface area contributed by atoms with E-state index in [2.05, 4.69) is 15.2 Å². The first-order valence-electron chi connectivity index (χ1n) is 8.57. The van der Waals surface area contributed by atoms with E-state index in [1.807, 2.05) is 24.3 Å². The second kappa shape index (κ2) is 7.55. The van der Waals surface area contributed by atoms with Crippen molar-refractivity contribution in [3.05, 3.63) is 41.5 Å². The molecule has 1 saturated heterocycles. The molecular weight excluding hydrogens is 334 g/mol. The number of H-pyrrole nitrogens is 1. The maximum Gasteiger partial charge on any atom is 0.223 e. The molecule has 0 radical (unpaired) electrons. The first kappa shape index (κ1) is 17.9. The van der Waals surface area contributed by atoms with Crippen molar-refractivity contribution in [3.8, 4) is 5.75 Å². The van der Waals surface area contributed by atoms with Gasteiger partial charge in [0.1, 0.15) is 11.6 Å². The van der Waals surface area contributed by atoms with Gasteiger partial charge in [-0.2, -0.15) is 5.10 Å². The molecular formula is C18H23N5O3. The number of ether oxygens (including phenoxy) is 1. The van der Waals surface area contributed by atoms with Crippen LogP contribution in [0.3, 0.4) is 0 Å². The van der Waals surface area contributed by atoms with E-state index in [1.165, 1.54) is 0 Å². The molecule has 3 N–H and O–H groups in total. The molecule has 0 bridgehead atoms. The molecule has 2 atom stereocenters. The lowest BCUT2D eigenvalue weighted by atomic mass is 9.95. The predicted molar refractivity (Wildman–Crippen MR) is 94.4 cm³/mol. The van der Waals surface area contributed by atoms with Gasteiger partial charge in [0.2, 0.25) is 11.8 Å². The van der Waals surface area contributed by atoms with Gasteiger partial charge < -0.3 is 15.4 Å². The Balaban J connectivity index is 1.63. The lowest BCUT2D eigenvalue weighted by Gasteiger charge is -2.16. The zero-order valence-corrected chi connectivity index (χ0v) is 14.9. The number of methoxy groups -OCH3 is 1. The van der Waals surface area contributed by atoms with Crippen LogP contribution in [0, 0.1) is 12.8 Å². The van der Waals surface area contributed by atoms with Crippen LogP contribution < -0.4 is 10.5 Å². The fourth-order valence-corrected chi connectivity index (χ4v) is 3.28. The molecule has 138 valence electrons. The predicted octanol–water partition coefficient (Wildman–Crippen LogP) is 0.782. The number of carbonyl (C=O) groups is 2. The van der Waals surface area contributed by atoms with Crippen LogP contribution in [-0.2, 0) is 16.0 Å². The minimum Gasteiger partial charge on any atom is -0.497 e. The Labute approximate surface area is 151 Å². The number of carbonyl (C=O) groups excluding carboxylic acids is 2. The van der Waals surface area contributed by atoms with Gasteiger partial charge in [0, 0.05) is 19.5 Å². The number of benzene rings is 1. The molecule has 1 fully saturated rings. The molecule has 0 unspecified atom stereocenters. The molecule has 1 aliphatic rings. The monoisotopic (exact) mass is 357 g/mol. The summed E-state index contributed by atoms with van der Waals surface area (Å²) < 4.78 is 5.13. The summed E-state index contributed by atoms with van der Waals surface area (Å²) in [6.07, 6.45) is 1.00. The van der Waals surface area contributed by atoms with Gasteiger partial charge in [-0.15, -0.1) is 0 Å². The van der Waals surface area contributed by atoms with Gasteiger partial charge >= 0.3 is 0 Å². The van der Waals surface area contributed by atoms with Crippen molar-refractivity contribution >= 4 is 11.8 Å². The Bertz CT molecular complexity index is 786. The summed E-state index contributed by atoms with van der Waals surface area (Å²) in [7, 11) is 1.62. The molecule has 0 saturated carbocycles. The molecule has 1 aromatic heterocycles. The third-order valence-electron chi connectivity index (χ3n) is 4.77. The number of amides is 2. The average Bonchev–Trinajstić information content (AvgIpc) is 3.26. The normalized spacial score (nSPS) is 19.5. The van der Waals surface area contributed by atoms with E-state index in [9.17, 15) is 9.59 Å². The van der Waals surface area contributed by atoms with Crippen molar-refractivity contribution in [3.63, 3.8) is 0 Å². The topological polar surface area (TPSA) is 114 Å². The van der Waals surface area contributed by atoms with Gasteiger partial charge in [0.05, 0.1) is 18.9 Å². The van der Waals surface area contributed by atoms with Crippen molar-refractivity contribution in [2.45, 2.75) is 25.7 Å². The Kier molecular flexibility index (Phi) is 5.20. The smallest absolute Gasteiger partial charge is 0.223 e. The van der Waals surface area contributed by atoms with E-state index >= 15 is 0 Å². The first-order valence-corrected chi connectivity index (χ1v) is 8.57. The van der Waals surface area contributed by atoms with Crippen LogP contribution in [-0.4, -0.2) is 52.1 Å². The zero-order chi connectivity index (χ0) is 18.7. The van der Waals surface area contributed by atoms with Crippen LogP contribution in [0.5, 0.6) is 5.75 Å². The van der Waals surface area contributed by atoms with Gasteiger partial charge in [0.25, 0.3) is 0 Å². The second-order valence-corrected chi connectivity index (χ2v) is 6.54.